The Kier molecular flexibility index (Phi) is 6.85. The first-order valence-electron chi connectivity index (χ1n) is 9.73. The molecule has 0 aliphatic rings. The zero-order valence-electron chi connectivity index (χ0n) is 16.4. The first-order valence-corrected chi connectivity index (χ1v) is 9.73. The molecule has 3 aromatic carbocycles. The molecule has 0 fully saturated rings. The molecular weight excluding hydrogens is 347 g/mol. The minimum Gasteiger partial charge on any atom is -0.206 e. The first-order chi connectivity index (χ1) is 13.7. The van der Waals surface area contributed by atoms with Crippen LogP contribution < -0.4 is 0 Å². The predicted molar refractivity (Wildman–Crippen MR) is 117 cm³/mol. The summed E-state index contributed by atoms with van der Waals surface area (Å²) in [7, 11) is 0. The Morgan fingerprint density at radius 2 is 1.32 bits per heavy atom. The van der Waals surface area contributed by atoms with E-state index in [2.05, 4.69) is 41.4 Å². The van der Waals surface area contributed by atoms with Crippen molar-refractivity contribution in [1.82, 2.24) is 0 Å². The Balaban J connectivity index is 1.63. The van der Waals surface area contributed by atoms with Gasteiger partial charge in [-0.05, 0) is 46.7 Å². The van der Waals surface area contributed by atoms with Crippen molar-refractivity contribution in [3.05, 3.63) is 94.8 Å². The quantitative estimate of drug-likeness (QED) is 0.336. The molecule has 0 atom stereocenters. The maximum atomic E-state index is 14.3. The highest BCUT2D eigenvalue weighted by atomic mass is 19.1. The van der Waals surface area contributed by atoms with E-state index in [4.69, 9.17) is 0 Å². The standard InChI is InChI=1S/C25H25FN2/c1-3-5-20-6-8-21(9-7-20)17-27-28-18-22-10-13-23(14-11-22)24-15-12-19(4-2)16-25(24)26/h6-18H,3-5H2,1-2H3. The van der Waals surface area contributed by atoms with E-state index in [0.717, 1.165) is 41.5 Å². The third-order valence-corrected chi connectivity index (χ3v) is 4.66. The molecule has 3 heteroatoms. The molecule has 0 aromatic heterocycles. The summed E-state index contributed by atoms with van der Waals surface area (Å²) >= 11 is 0. The van der Waals surface area contributed by atoms with Crippen LogP contribution in [0.5, 0.6) is 0 Å². The van der Waals surface area contributed by atoms with Crippen LogP contribution >= 0.6 is 0 Å². The fraction of sp³-hybridized carbons (Fsp3) is 0.200. The Morgan fingerprint density at radius 1 is 0.750 bits per heavy atom. The first kappa shape index (κ1) is 19.7. The average Bonchev–Trinajstić information content (AvgIpc) is 2.73. The Labute approximate surface area is 166 Å². The van der Waals surface area contributed by atoms with Gasteiger partial charge in [-0.3, -0.25) is 0 Å². The molecule has 142 valence electrons. The van der Waals surface area contributed by atoms with Crippen molar-refractivity contribution in [2.24, 2.45) is 10.2 Å². The van der Waals surface area contributed by atoms with E-state index in [1.807, 2.05) is 43.3 Å². The lowest BCUT2D eigenvalue weighted by molar-refractivity contribution is 0.629. The second kappa shape index (κ2) is 9.75. The van der Waals surface area contributed by atoms with Crippen LogP contribution in [0.15, 0.2) is 76.9 Å². The summed E-state index contributed by atoms with van der Waals surface area (Å²) in [5.74, 6) is -0.185. The Morgan fingerprint density at radius 3 is 1.86 bits per heavy atom. The van der Waals surface area contributed by atoms with Gasteiger partial charge in [0.2, 0.25) is 0 Å². The molecule has 0 heterocycles. The third kappa shape index (κ3) is 5.23. The maximum Gasteiger partial charge on any atom is 0.131 e. The zero-order valence-corrected chi connectivity index (χ0v) is 16.4. The Hall–Kier alpha value is -3.07. The van der Waals surface area contributed by atoms with Gasteiger partial charge in [0.1, 0.15) is 5.82 Å². The Bertz CT molecular complexity index is 955. The number of rotatable bonds is 7. The third-order valence-electron chi connectivity index (χ3n) is 4.66. The van der Waals surface area contributed by atoms with Gasteiger partial charge in [-0.2, -0.15) is 10.2 Å². The minimum absolute atomic E-state index is 0.185. The van der Waals surface area contributed by atoms with E-state index >= 15 is 0 Å². The van der Waals surface area contributed by atoms with Gasteiger partial charge in [-0.25, -0.2) is 4.39 Å². The summed E-state index contributed by atoms with van der Waals surface area (Å²) in [6, 6.07) is 21.4. The number of nitrogens with zero attached hydrogens (tertiary/aromatic N) is 2. The lowest BCUT2D eigenvalue weighted by Crippen LogP contribution is -1.89. The summed E-state index contributed by atoms with van der Waals surface area (Å²) < 4.78 is 14.3. The van der Waals surface area contributed by atoms with Gasteiger partial charge in [-0.15, -0.1) is 0 Å². The number of halogens is 1. The molecule has 0 bridgehead atoms. The fourth-order valence-electron chi connectivity index (χ4n) is 3.02. The van der Waals surface area contributed by atoms with Gasteiger partial charge in [0.15, 0.2) is 0 Å². The van der Waals surface area contributed by atoms with Gasteiger partial charge in [0.05, 0.1) is 12.4 Å². The van der Waals surface area contributed by atoms with Gasteiger partial charge < -0.3 is 0 Å². The van der Waals surface area contributed by atoms with Crippen molar-refractivity contribution in [2.75, 3.05) is 0 Å². The van der Waals surface area contributed by atoms with Gasteiger partial charge in [0.25, 0.3) is 0 Å². The highest BCUT2D eigenvalue weighted by Crippen LogP contribution is 2.24. The molecular formula is C25H25FN2. The topological polar surface area (TPSA) is 24.7 Å². The van der Waals surface area contributed by atoms with Crippen LogP contribution in [0, 0.1) is 5.82 Å². The zero-order chi connectivity index (χ0) is 19.8. The van der Waals surface area contributed by atoms with E-state index in [0.29, 0.717) is 5.56 Å². The molecule has 0 radical (unpaired) electrons. The van der Waals surface area contributed by atoms with E-state index in [9.17, 15) is 4.39 Å². The lowest BCUT2D eigenvalue weighted by Gasteiger charge is -2.05. The van der Waals surface area contributed by atoms with Crippen LogP contribution in [0.4, 0.5) is 4.39 Å². The molecule has 3 aromatic rings. The monoisotopic (exact) mass is 372 g/mol. The van der Waals surface area contributed by atoms with Gasteiger partial charge >= 0.3 is 0 Å². The largest absolute Gasteiger partial charge is 0.206 e. The molecule has 0 aliphatic heterocycles. The summed E-state index contributed by atoms with van der Waals surface area (Å²) in [5, 5.41) is 8.22. The highest BCUT2D eigenvalue weighted by molar-refractivity contribution is 5.83. The molecule has 0 aliphatic carbocycles. The van der Waals surface area contributed by atoms with Crippen molar-refractivity contribution >= 4 is 12.4 Å². The van der Waals surface area contributed by atoms with Crippen molar-refractivity contribution in [3.8, 4) is 11.1 Å². The van der Waals surface area contributed by atoms with Crippen LogP contribution in [0.1, 0.15) is 42.5 Å². The number of hydrogen-bond donors (Lipinski definition) is 0. The molecule has 28 heavy (non-hydrogen) atoms. The van der Waals surface area contributed by atoms with Crippen LogP contribution in [-0.2, 0) is 12.8 Å². The summed E-state index contributed by atoms with van der Waals surface area (Å²) in [6.07, 6.45) is 6.51. The van der Waals surface area contributed by atoms with Crippen molar-refractivity contribution in [1.29, 1.82) is 0 Å². The summed E-state index contributed by atoms with van der Waals surface area (Å²) in [4.78, 5) is 0. The SMILES string of the molecule is CCCc1ccc(C=NN=Cc2ccc(-c3ccc(CC)cc3F)cc2)cc1. The molecule has 0 spiro atoms. The maximum absolute atomic E-state index is 14.3. The molecule has 0 amide bonds. The van der Waals surface area contributed by atoms with Crippen molar-refractivity contribution in [2.45, 2.75) is 33.1 Å². The van der Waals surface area contributed by atoms with E-state index < -0.39 is 0 Å². The van der Waals surface area contributed by atoms with Crippen molar-refractivity contribution < 1.29 is 4.39 Å². The second-order valence-corrected chi connectivity index (χ2v) is 6.77. The molecule has 0 unspecified atom stereocenters. The van der Waals surface area contributed by atoms with E-state index in [1.54, 1.807) is 18.5 Å². The molecule has 0 saturated heterocycles. The van der Waals surface area contributed by atoms with Gasteiger partial charge in [0, 0.05) is 5.56 Å². The molecule has 3 rings (SSSR count). The van der Waals surface area contributed by atoms with E-state index in [1.165, 1.54) is 5.56 Å². The lowest BCUT2D eigenvalue weighted by atomic mass is 10.0. The molecule has 0 N–H and O–H groups in total. The average molecular weight is 372 g/mol. The second-order valence-electron chi connectivity index (χ2n) is 6.77. The van der Waals surface area contributed by atoms with Crippen LogP contribution in [0.3, 0.4) is 0 Å². The van der Waals surface area contributed by atoms with Crippen LogP contribution in [-0.4, -0.2) is 12.4 Å². The smallest absolute Gasteiger partial charge is 0.131 e. The minimum atomic E-state index is -0.185. The van der Waals surface area contributed by atoms with Crippen LogP contribution in [0.2, 0.25) is 0 Å². The number of benzene rings is 3. The number of hydrogen-bond acceptors (Lipinski definition) is 2. The molecule has 2 nitrogen and oxygen atoms in total. The normalized spacial score (nSPS) is 11.5. The fourth-order valence-corrected chi connectivity index (χ4v) is 3.02. The summed E-state index contributed by atoms with van der Waals surface area (Å²) in [5.41, 5.74) is 5.76. The van der Waals surface area contributed by atoms with Crippen molar-refractivity contribution in [3.63, 3.8) is 0 Å². The van der Waals surface area contributed by atoms with E-state index in [-0.39, 0.29) is 5.82 Å². The molecule has 0 saturated carbocycles. The van der Waals surface area contributed by atoms with Crippen LogP contribution in [0.25, 0.3) is 11.1 Å². The predicted octanol–water partition coefficient (Wildman–Crippen LogP) is 6.46. The van der Waals surface area contributed by atoms with Gasteiger partial charge in [-0.1, -0.05) is 80.9 Å². The highest BCUT2D eigenvalue weighted by Gasteiger charge is 2.05. The summed E-state index contributed by atoms with van der Waals surface area (Å²) in [6.45, 7) is 4.20. The number of aryl methyl sites for hydroxylation is 2.